The summed E-state index contributed by atoms with van der Waals surface area (Å²) in [5.74, 6) is -0.953. The van der Waals surface area contributed by atoms with Gasteiger partial charge in [-0.2, -0.15) is 0 Å². The summed E-state index contributed by atoms with van der Waals surface area (Å²) < 4.78 is 0. The smallest absolute Gasteiger partial charge is 0.355 e. The molecule has 0 spiro atoms. The van der Waals surface area contributed by atoms with Gasteiger partial charge in [0.15, 0.2) is 10.8 Å². The molecule has 1 saturated heterocycles. The summed E-state index contributed by atoms with van der Waals surface area (Å²) in [4.78, 5) is 19.2. The molecule has 1 atom stereocenters. The Hall–Kier alpha value is -1.14. The number of aromatic carboxylic acids is 1. The number of hydrogen-bond donors (Lipinski definition) is 1. The fraction of sp³-hybridized carbons (Fsp3) is 0.600. The third kappa shape index (κ3) is 2.17. The van der Waals surface area contributed by atoms with Gasteiger partial charge in [-0.3, -0.25) is 0 Å². The van der Waals surface area contributed by atoms with Crippen LogP contribution in [0.5, 0.6) is 0 Å². The van der Waals surface area contributed by atoms with Gasteiger partial charge in [0, 0.05) is 24.5 Å². The van der Waals surface area contributed by atoms with Gasteiger partial charge in [-0.15, -0.1) is 11.3 Å². The lowest BCUT2D eigenvalue weighted by atomic mass is 10.2. The highest BCUT2D eigenvalue weighted by molar-refractivity contribution is 7.13. The summed E-state index contributed by atoms with van der Waals surface area (Å²) in [6.45, 7) is 1.88. The second kappa shape index (κ2) is 4.39. The monoisotopic (exact) mass is 241 g/mol. The van der Waals surface area contributed by atoms with Crippen LogP contribution in [0.3, 0.4) is 0 Å². The first-order chi connectivity index (χ1) is 7.58. The number of carbonyl (C=O) groups is 1. The number of likely N-dealkylation sites (N-methyl/N-ethyl adjacent to an activating group) is 1. The van der Waals surface area contributed by atoms with E-state index in [0.29, 0.717) is 6.04 Å². The van der Waals surface area contributed by atoms with Crippen molar-refractivity contribution in [1.29, 1.82) is 0 Å². The molecule has 2 rings (SSSR count). The molecule has 1 N–H and O–H groups in total. The van der Waals surface area contributed by atoms with Gasteiger partial charge >= 0.3 is 5.97 Å². The number of carboxylic acids is 1. The van der Waals surface area contributed by atoms with Gasteiger partial charge in [-0.05, 0) is 20.5 Å². The zero-order valence-electron chi connectivity index (χ0n) is 9.38. The summed E-state index contributed by atoms with van der Waals surface area (Å²) in [7, 11) is 4.14. The van der Waals surface area contributed by atoms with Crippen LogP contribution in [0, 0.1) is 0 Å². The molecule has 0 radical (unpaired) electrons. The zero-order valence-corrected chi connectivity index (χ0v) is 10.2. The molecule has 1 aliphatic rings. The highest BCUT2D eigenvalue weighted by atomic mass is 32.1. The van der Waals surface area contributed by atoms with Crippen molar-refractivity contribution in [3.63, 3.8) is 0 Å². The molecule has 0 saturated carbocycles. The highest BCUT2D eigenvalue weighted by Gasteiger charge is 2.26. The van der Waals surface area contributed by atoms with Gasteiger partial charge in [0.1, 0.15) is 0 Å². The first-order valence-electron chi connectivity index (χ1n) is 5.18. The number of anilines is 1. The number of rotatable bonds is 3. The minimum absolute atomic E-state index is 0.147. The lowest BCUT2D eigenvalue weighted by Crippen LogP contribution is -2.31. The minimum Gasteiger partial charge on any atom is -0.476 e. The Labute approximate surface area is 98.3 Å². The molecule has 0 aromatic carbocycles. The van der Waals surface area contributed by atoms with Gasteiger partial charge in [-0.25, -0.2) is 9.78 Å². The van der Waals surface area contributed by atoms with Crippen LogP contribution in [-0.2, 0) is 0 Å². The average Bonchev–Trinajstić information content (AvgIpc) is 2.86. The van der Waals surface area contributed by atoms with Crippen molar-refractivity contribution in [3.8, 4) is 0 Å². The lowest BCUT2D eigenvalue weighted by molar-refractivity contribution is 0.0691. The van der Waals surface area contributed by atoms with Crippen LogP contribution < -0.4 is 4.90 Å². The Kier molecular flexibility index (Phi) is 3.11. The van der Waals surface area contributed by atoms with E-state index in [4.69, 9.17) is 5.11 Å². The molecule has 2 heterocycles. The minimum atomic E-state index is -0.953. The normalized spacial score (nSPS) is 20.7. The molecule has 1 aromatic heterocycles. The Bertz CT molecular complexity index is 391. The fourth-order valence-electron chi connectivity index (χ4n) is 1.84. The van der Waals surface area contributed by atoms with Gasteiger partial charge in [-0.1, -0.05) is 0 Å². The predicted molar refractivity (Wildman–Crippen MR) is 63.4 cm³/mol. The third-order valence-electron chi connectivity index (χ3n) is 2.88. The molecule has 6 heteroatoms. The van der Waals surface area contributed by atoms with E-state index in [1.807, 2.05) is 0 Å². The molecular formula is C10H15N3O2S. The highest BCUT2D eigenvalue weighted by Crippen LogP contribution is 2.25. The van der Waals surface area contributed by atoms with Crippen LogP contribution in [0.1, 0.15) is 16.9 Å². The van der Waals surface area contributed by atoms with Gasteiger partial charge < -0.3 is 14.9 Å². The summed E-state index contributed by atoms with van der Waals surface area (Å²) in [6, 6.07) is 0.539. The predicted octanol–water partition coefficient (Wildman–Crippen LogP) is 0.982. The second-order valence-electron chi connectivity index (χ2n) is 4.17. The Morgan fingerprint density at radius 3 is 2.94 bits per heavy atom. The maximum absolute atomic E-state index is 10.7. The van der Waals surface area contributed by atoms with E-state index in [0.717, 1.165) is 24.6 Å². The first kappa shape index (κ1) is 11.3. The summed E-state index contributed by atoms with van der Waals surface area (Å²) in [5, 5.41) is 11.2. The van der Waals surface area contributed by atoms with E-state index in [-0.39, 0.29) is 5.69 Å². The van der Waals surface area contributed by atoms with Crippen LogP contribution in [0.15, 0.2) is 5.38 Å². The maximum atomic E-state index is 10.7. The van der Waals surface area contributed by atoms with E-state index < -0.39 is 5.97 Å². The van der Waals surface area contributed by atoms with Crippen LogP contribution in [0.2, 0.25) is 0 Å². The fourth-order valence-corrected chi connectivity index (χ4v) is 2.68. The number of carboxylic acid groups (broad SMARTS) is 1. The number of hydrogen-bond acceptors (Lipinski definition) is 5. The molecule has 1 aromatic rings. The van der Waals surface area contributed by atoms with Crippen molar-refractivity contribution in [2.24, 2.45) is 0 Å². The largest absolute Gasteiger partial charge is 0.476 e. The maximum Gasteiger partial charge on any atom is 0.355 e. The number of aromatic nitrogens is 1. The van der Waals surface area contributed by atoms with E-state index in [1.54, 1.807) is 5.38 Å². The molecule has 1 unspecified atom stereocenters. The van der Waals surface area contributed by atoms with Crippen molar-refractivity contribution in [3.05, 3.63) is 11.1 Å². The third-order valence-corrected chi connectivity index (χ3v) is 3.78. The van der Waals surface area contributed by atoms with Crippen molar-refractivity contribution < 1.29 is 9.90 Å². The molecule has 5 nitrogen and oxygen atoms in total. The quantitative estimate of drug-likeness (QED) is 0.855. The topological polar surface area (TPSA) is 56.7 Å². The average molecular weight is 241 g/mol. The lowest BCUT2D eigenvalue weighted by Gasteiger charge is -2.19. The van der Waals surface area contributed by atoms with Crippen LogP contribution in [-0.4, -0.2) is 54.2 Å². The molecule has 16 heavy (non-hydrogen) atoms. The summed E-state index contributed by atoms with van der Waals surface area (Å²) >= 11 is 1.40. The van der Waals surface area contributed by atoms with Crippen LogP contribution in [0.25, 0.3) is 0 Å². The zero-order chi connectivity index (χ0) is 11.7. The Balaban J connectivity index is 2.06. The Morgan fingerprint density at radius 1 is 1.69 bits per heavy atom. The van der Waals surface area contributed by atoms with Crippen LogP contribution >= 0.6 is 11.3 Å². The number of nitrogens with zero attached hydrogens (tertiary/aromatic N) is 3. The van der Waals surface area contributed by atoms with Crippen molar-refractivity contribution in [2.75, 3.05) is 32.1 Å². The van der Waals surface area contributed by atoms with Gasteiger partial charge in [0.25, 0.3) is 0 Å². The van der Waals surface area contributed by atoms with Crippen molar-refractivity contribution in [1.82, 2.24) is 9.88 Å². The second-order valence-corrected chi connectivity index (χ2v) is 5.01. The van der Waals surface area contributed by atoms with Crippen molar-refractivity contribution >= 4 is 22.4 Å². The SMILES string of the molecule is CN(C)C1CCN(c2nc(C(=O)O)cs2)C1. The summed E-state index contributed by atoms with van der Waals surface area (Å²) in [5.41, 5.74) is 0.147. The molecular weight excluding hydrogens is 226 g/mol. The molecule has 1 fully saturated rings. The van der Waals surface area contributed by atoms with Gasteiger partial charge in [0.2, 0.25) is 0 Å². The van der Waals surface area contributed by atoms with E-state index >= 15 is 0 Å². The molecule has 1 aliphatic heterocycles. The number of thiazole rings is 1. The van der Waals surface area contributed by atoms with Gasteiger partial charge in [0.05, 0.1) is 0 Å². The molecule has 0 amide bonds. The van der Waals surface area contributed by atoms with Crippen molar-refractivity contribution in [2.45, 2.75) is 12.5 Å². The van der Waals surface area contributed by atoms with E-state index in [1.165, 1.54) is 11.3 Å². The van der Waals surface area contributed by atoms with E-state index in [9.17, 15) is 4.79 Å². The summed E-state index contributed by atoms with van der Waals surface area (Å²) in [6.07, 6.45) is 1.11. The molecule has 88 valence electrons. The van der Waals surface area contributed by atoms with Crippen LogP contribution in [0.4, 0.5) is 5.13 Å². The molecule has 0 aliphatic carbocycles. The molecule has 0 bridgehead atoms. The van der Waals surface area contributed by atoms with E-state index in [2.05, 4.69) is 28.9 Å². The first-order valence-corrected chi connectivity index (χ1v) is 6.06. The Morgan fingerprint density at radius 2 is 2.44 bits per heavy atom. The standard InChI is InChI=1S/C10H15N3O2S/c1-12(2)7-3-4-13(5-7)10-11-8(6-16-10)9(14)15/h6-7H,3-5H2,1-2H3,(H,14,15).